The number of nitrogens with zero attached hydrogens (tertiary/aromatic N) is 1. The normalized spacial score (nSPS) is 15.8. The molecule has 8 heteroatoms. The highest BCUT2D eigenvalue weighted by Crippen LogP contribution is 2.22. The Balaban J connectivity index is 1.93. The van der Waals surface area contributed by atoms with Crippen molar-refractivity contribution in [1.29, 1.82) is 0 Å². The van der Waals surface area contributed by atoms with Gasteiger partial charge in [-0.15, -0.1) is 0 Å². The van der Waals surface area contributed by atoms with Gasteiger partial charge in [0.15, 0.2) is 0 Å². The number of carbonyl (C=O) groups excluding carboxylic acids is 3. The fraction of sp³-hybridized carbons (Fsp3) is 0.250. The molecule has 1 aliphatic heterocycles. The summed E-state index contributed by atoms with van der Waals surface area (Å²) in [6.45, 7) is -0.0223. The Morgan fingerprint density at radius 3 is 2.60 bits per heavy atom. The highest BCUT2D eigenvalue weighted by atomic mass is 35.5. The van der Waals surface area contributed by atoms with E-state index in [-0.39, 0.29) is 25.5 Å². The fourth-order valence-corrected chi connectivity index (χ4v) is 1.95. The molecule has 0 unspecified atom stereocenters. The van der Waals surface area contributed by atoms with Gasteiger partial charge in [0.2, 0.25) is 17.7 Å². The molecule has 0 spiro atoms. The number of anilines is 2. The molecule has 0 aromatic heterocycles. The third-order valence-corrected chi connectivity index (χ3v) is 3.00. The molecule has 1 aliphatic rings. The lowest BCUT2D eigenvalue weighted by molar-refractivity contribution is -0.136. The Hall–Kier alpha value is -2.12. The van der Waals surface area contributed by atoms with Gasteiger partial charge in [0.05, 0.1) is 30.3 Å². The number of nitrogen functional groups attached to an aromatic ring is 1. The second-order valence-electron chi connectivity index (χ2n) is 4.40. The Kier molecular flexibility index (Phi) is 4.21. The van der Waals surface area contributed by atoms with Crippen molar-refractivity contribution in [3.8, 4) is 0 Å². The number of piperazine rings is 1. The van der Waals surface area contributed by atoms with Crippen LogP contribution in [0.4, 0.5) is 11.4 Å². The SMILES string of the molecule is Nc1cc(NC(=O)CN2CC(=O)NC(=O)C2)ccc1Cl. The van der Waals surface area contributed by atoms with Crippen LogP contribution in [0.5, 0.6) is 0 Å². The van der Waals surface area contributed by atoms with Crippen molar-refractivity contribution in [2.24, 2.45) is 0 Å². The maximum Gasteiger partial charge on any atom is 0.240 e. The van der Waals surface area contributed by atoms with E-state index in [4.69, 9.17) is 17.3 Å². The van der Waals surface area contributed by atoms with Crippen molar-refractivity contribution < 1.29 is 14.4 Å². The van der Waals surface area contributed by atoms with E-state index < -0.39 is 11.8 Å². The molecule has 0 radical (unpaired) electrons. The van der Waals surface area contributed by atoms with Gasteiger partial charge in [-0.3, -0.25) is 24.6 Å². The van der Waals surface area contributed by atoms with Gasteiger partial charge >= 0.3 is 0 Å². The first-order chi connectivity index (χ1) is 9.44. The first-order valence-electron chi connectivity index (χ1n) is 5.84. The summed E-state index contributed by atoms with van der Waals surface area (Å²) in [4.78, 5) is 35.6. The fourth-order valence-electron chi connectivity index (χ4n) is 1.83. The largest absolute Gasteiger partial charge is 0.397 e. The van der Waals surface area contributed by atoms with E-state index in [2.05, 4.69) is 10.6 Å². The molecule has 7 nitrogen and oxygen atoms in total. The van der Waals surface area contributed by atoms with Crippen molar-refractivity contribution in [2.75, 3.05) is 30.7 Å². The highest BCUT2D eigenvalue weighted by Gasteiger charge is 2.23. The smallest absolute Gasteiger partial charge is 0.240 e. The van der Waals surface area contributed by atoms with Crippen molar-refractivity contribution >= 4 is 40.7 Å². The molecule has 0 bridgehead atoms. The molecule has 2 rings (SSSR count). The van der Waals surface area contributed by atoms with Crippen LogP contribution in [-0.2, 0) is 14.4 Å². The lowest BCUT2D eigenvalue weighted by atomic mass is 10.2. The van der Waals surface area contributed by atoms with Crippen molar-refractivity contribution in [2.45, 2.75) is 0 Å². The molecule has 1 saturated heterocycles. The first-order valence-corrected chi connectivity index (χ1v) is 6.22. The van der Waals surface area contributed by atoms with E-state index in [1.807, 2.05) is 0 Å². The van der Waals surface area contributed by atoms with Crippen LogP contribution in [-0.4, -0.2) is 42.3 Å². The van der Waals surface area contributed by atoms with Gasteiger partial charge < -0.3 is 11.1 Å². The van der Waals surface area contributed by atoms with E-state index in [0.29, 0.717) is 16.4 Å². The average molecular weight is 297 g/mol. The van der Waals surface area contributed by atoms with E-state index in [1.165, 1.54) is 11.0 Å². The molecule has 1 fully saturated rings. The number of benzene rings is 1. The molecule has 1 aromatic carbocycles. The van der Waals surface area contributed by atoms with Gasteiger partial charge in [-0.05, 0) is 18.2 Å². The van der Waals surface area contributed by atoms with Crippen LogP contribution in [0, 0.1) is 0 Å². The average Bonchev–Trinajstić information content (AvgIpc) is 2.32. The lowest BCUT2D eigenvalue weighted by Crippen LogP contribution is -2.53. The van der Waals surface area contributed by atoms with E-state index in [0.717, 1.165) is 0 Å². The second-order valence-corrected chi connectivity index (χ2v) is 4.81. The Morgan fingerprint density at radius 1 is 1.35 bits per heavy atom. The van der Waals surface area contributed by atoms with Gasteiger partial charge in [-0.1, -0.05) is 11.6 Å². The number of amides is 3. The zero-order valence-corrected chi connectivity index (χ0v) is 11.2. The molecule has 106 valence electrons. The molecular weight excluding hydrogens is 284 g/mol. The monoisotopic (exact) mass is 296 g/mol. The quantitative estimate of drug-likeness (QED) is 0.530. The number of halogens is 1. The number of hydrogen-bond donors (Lipinski definition) is 3. The summed E-state index contributed by atoms with van der Waals surface area (Å²) < 4.78 is 0. The number of imide groups is 1. The Morgan fingerprint density at radius 2 is 2.00 bits per heavy atom. The van der Waals surface area contributed by atoms with Crippen LogP contribution in [0.1, 0.15) is 0 Å². The number of hydrogen-bond acceptors (Lipinski definition) is 5. The molecule has 0 saturated carbocycles. The summed E-state index contributed by atoms with van der Waals surface area (Å²) in [5.41, 5.74) is 6.49. The molecule has 20 heavy (non-hydrogen) atoms. The van der Waals surface area contributed by atoms with Crippen LogP contribution < -0.4 is 16.4 Å². The van der Waals surface area contributed by atoms with Gasteiger partial charge in [0.25, 0.3) is 0 Å². The number of carbonyl (C=O) groups is 3. The molecule has 3 amide bonds. The van der Waals surface area contributed by atoms with E-state index in [1.54, 1.807) is 12.1 Å². The summed E-state index contributed by atoms with van der Waals surface area (Å²) in [5, 5.41) is 5.19. The predicted molar refractivity (Wildman–Crippen MR) is 74.1 cm³/mol. The lowest BCUT2D eigenvalue weighted by Gasteiger charge is -2.24. The first kappa shape index (κ1) is 14.3. The van der Waals surface area contributed by atoms with Crippen LogP contribution in [0.2, 0.25) is 5.02 Å². The van der Waals surface area contributed by atoms with Gasteiger partial charge in [-0.2, -0.15) is 0 Å². The van der Waals surface area contributed by atoms with Gasteiger partial charge in [-0.25, -0.2) is 0 Å². The third-order valence-electron chi connectivity index (χ3n) is 2.66. The molecule has 0 atom stereocenters. The minimum atomic E-state index is -0.412. The van der Waals surface area contributed by atoms with E-state index >= 15 is 0 Å². The third kappa shape index (κ3) is 3.69. The second kappa shape index (κ2) is 5.89. The summed E-state index contributed by atoms with van der Waals surface area (Å²) in [7, 11) is 0. The van der Waals surface area contributed by atoms with Crippen LogP contribution in [0.15, 0.2) is 18.2 Å². The molecular formula is C12H13ClN4O3. The van der Waals surface area contributed by atoms with Gasteiger partial charge in [0, 0.05) is 5.69 Å². The minimum absolute atomic E-state index is 0.0158. The zero-order chi connectivity index (χ0) is 14.7. The summed E-state index contributed by atoms with van der Waals surface area (Å²) in [6, 6.07) is 4.73. The molecule has 0 aliphatic carbocycles. The molecule has 4 N–H and O–H groups in total. The van der Waals surface area contributed by atoms with E-state index in [9.17, 15) is 14.4 Å². The standard InChI is InChI=1S/C12H13ClN4O3/c13-8-2-1-7(3-9(8)14)15-10(18)4-17-5-11(19)16-12(20)6-17/h1-3H,4-6,14H2,(H,15,18)(H,16,19,20). The Labute approximate surface area is 120 Å². The maximum absolute atomic E-state index is 11.8. The maximum atomic E-state index is 11.8. The van der Waals surface area contributed by atoms with Crippen LogP contribution >= 0.6 is 11.6 Å². The molecule has 1 heterocycles. The number of nitrogens with one attached hydrogen (secondary N) is 2. The highest BCUT2D eigenvalue weighted by molar-refractivity contribution is 6.33. The van der Waals surface area contributed by atoms with Crippen molar-refractivity contribution in [3.63, 3.8) is 0 Å². The summed E-state index contributed by atoms with van der Waals surface area (Å²) >= 11 is 5.78. The predicted octanol–water partition coefficient (Wildman–Crippen LogP) is -0.181. The van der Waals surface area contributed by atoms with Crippen molar-refractivity contribution in [1.82, 2.24) is 10.2 Å². The topological polar surface area (TPSA) is 105 Å². The number of nitrogens with two attached hydrogens (primary N) is 1. The molecule has 1 aromatic rings. The van der Waals surface area contributed by atoms with Gasteiger partial charge in [0.1, 0.15) is 0 Å². The van der Waals surface area contributed by atoms with Crippen LogP contribution in [0.25, 0.3) is 0 Å². The summed E-state index contributed by atoms with van der Waals surface area (Å²) in [5.74, 6) is -1.16. The number of rotatable bonds is 3. The summed E-state index contributed by atoms with van der Waals surface area (Å²) in [6.07, 6.45) is 0. The van der Waals surface area contributed by atoms with Crippen LogP contribution in [0.3, 0.4) is 0 Å². The van der Waals surface area contributed by atoms with Crippen molar-refractivity contribution in [3.05, 3.63) is 23.2 Å². The zero-order valence-electron chi connectivity index (χ0n) is 10.5. The Bertz CT molecular complexity index is 560. The minimum Gasteiger partial charge on any atom is -0.397 e.